The first-order chi connectivity index (χ1) is 5.95. The molecule has 0 unspecified atom stereocenters. The van der Waals surface area contributed by atoms with Gasteiger partial charge in [-0.1, -0.05) is 11.6 Å². The van der Waals surface area contributed by atoms with Crippen LogP contribution in [0.5, 0.6) is 0 Å². The Balaban J connectivity index is 3.29. The van der Waals surface area contributed by atoms with Crippen LogP contribution in [0.15, 0.2) is 6.20 Å². The first-order valence-corrected chi connectivity index (χ1v) is 3.39. The van der Waals surface area contributed by atoms with Gasteiger partial charge >= 0.3 is 6.18 Å². The van der Waals surface area contributed by atoms with E-state index in [1.807, 2.05) is 5.92 Å². The number of rotatable bonds is 0. The molecule has 0 fully saturated rings. The molecule has 0 saturated carbocycles. The summed E-state index contributed by atoms with van der Waals surface area (Å²) in [5, 5.41) is -0.702. The van der Waals surface area contributed by atoms with E-state index in [0.717, 1.165) is 6.20 Å². The second kappa shape index (κ2) is 3.23. The van der Waals surface area contributed by atoms with Crippen LogP contribution in [0, 0.1) is 12.3 Å². The van der Waals surface area contributed by atoms with Gasteiger partial charge in [-0.05, 0) is 5.92 Å². The minimum absolute atomic E-state index is 0.197. The summed E-state index contributed by atoms with van der Waals surface area (Å²) >= 11 is 5.18. The summed E-state index contributed by atoms with van der Waals surface area (Å²) in [5.74, 6) is 1.93. The molecule has 0 spiro atoms. The quantitative estimate of drug-likeness (QED) is 0.608. The van der Waals surface area contributed by atoms with E-state index in [-0.39, 0.29) is 5.69 Å². The summed E-state index contributed by atoms with van der Waals surface area (Å²) in [4.78, 5) is 6.36. The highest BCUT2D eigenvalue weighted by Gasteiger charge is 2.36. The maximum absolute atomic E-state index is 12.1. The van der Waals surface area contributed by atoms with E-state index in [0.29, 0.717) is 0 Å². The zero-order valence-corrected chi connectivity index (χ0v) is 6.82. The van der Waals surface area contributed by atoms with Crippen molar-refractivity contribution in [1.29, 1.82) is 0 Å². The molecule has 6 heteroatoms. The Hall–Kier alpha value is -1.28. The van der Waals surface area contributed by atoms with Crippen LogP contribution in [-0.2, 0) is 6.18 Å². The molecule has 1 aromatic rings. The van der Waals surface area contributed by atoms with E-state index in [2.05, 4.69) is 9.97 Å². The number of aromatic nitrogens is 2. The van der Waals surface area contributed by atoms with Crippen molar-refractivity contribution in [3.63, 3.8) is 0 Å². The Labute approximate surface area is 76.8 Å². The normalized spacial score (nSPS) is 11.0. The van der Waals surface area contributed by atoms with Crippen molar-refractivity contribution in [1.82, 2.24) is 9.97 Å². The Morgan fingerprint density at radius 2 is 2.08 bits per heavy atom. The van der Waals surface area contributed by atoms with E-state index in [1.54, 1.807) is 0 Å². The second-order valence-electron chi connectivity index (χ2n) is 2.04. The summed E-state index contributed by atoms with van der Waals surface area (Å²) in [6.45, 7) is 0. The molecule has 0 aromatic carbocycles. The third kappa shape index (κ3) is 2.10. The van der Waals surface area contributed by atoms with E-state index in [9.17, 15) is 13.2 Å². The molecule has 0 saturated heterocycles. The van der Waals surface area contributed by atoms with Gasteiger partial charge in [-0.3, -0.25) is 0 Å². The minimum Gasteiger partial charge on any atom is -0.239 e. The molecular weight excluding hydrogens is 205 g/mol. The molecule has 1 rings (SSSR count). The fourth-order valence-corrected chi connectivity index (χ4v) is 0.822. The standard InChI is InChI=1S/C7H2ClF3N2/c1-2-4-3-12-6(8)5(13-4)7(9,10)11/h1,3H. The van der Waals surface area contributed by atoms with Crippen LogP contribution in [0.1, 0.15) is 11.4 Å². The Kier molecular flexibility index (Phi) is 2.43. The Morgan fingerprint density at radius 1 is 1.46 bits per heavy atom. The summed E-state index contributed by atoms with van der Waals surface area (Å²) in [6.07, 6.45) is 1.22. The first kappa shape index (κ1) is 9.81. The predicted octanol–water partition coefficient (Wildman–Crippen LogP) is 2.13. The van der Waals surface area contributed by atoms with Crippen molar-refractivity contribution in [2.24, 2.45) is 0 Å². The van der Waals surface area contributed by atoms with Crippen LogP contribution in [0.25, 0.3) is 0 Å². The topological polar surface area (TPSA) is 25.8 Å². The van der Waals surface area contributed by atoms with Crippen molar-refractivity contribution in [2.75, 3.05) is 0 Å². The molecule has 0 radical (unpaired) electrons. The molecule has 0 aliphatic carbocycles. The largest absolute Gasteiger partial charge is 0.436 e. The lowest BCUT2D eigenvalue weighted by molar-refractivity contribution is -0.141. The lowest BCUT2D eigenvalue weighted by Crippen LogP contribution is -2.10. The highest BCUT2D eigenvalue weighted by atomic mass is 35.5. The maximum atomic E-state index is 12.1. The smallest absolute Gasteiger partial charge is 0.239 e. The fraction of sp³-hybridized carbons (Fsp3) is 0.143. The van der Waals surface area contributed by atoms with Crippen molar-refractivity contribution in [2.45, 2.75) is 6.18 Å². The minimum atomic E-state index is -4.63. The van der Waals surface area contributed by atoms with E-state index in [1.165, 1.54) is 0 Å². The van der Waals surface area contributed by atoms with Gasteiger partial charge in [-0.15, -0.1) is 6.42 Å². The van der Waals surface area contributed by atoms with Gasteiger partial charge in [0.05, 0.1) is 6.20 Å². The third-order valence-corrected chi connectivity index (χ3v) is 1.42. The van der Waals surface area contributed by atoms with Gasteiger partial charge in [0.25, 0.3) is 0 Å². The van der Waals surface area contributed by atoms with Crippen LogP contribution in [0.2, 0.25) is 5.15 Å². The van der Waals surface area contributed by atoms with E-state index < -0.39 is 17.0 Å². The van der Waals surface area contributed by atoms with Crippen molar-refractivity contribution in [3.8, 4) is 12.3 Å². The van der Waals surface area contributed by atoms with Crippen LogP contribution < -0.4 is 0 Å². The summed E-state index contributed by atoms with van der Waals surface area (Å²) < 4.78 is 36.3. The molecule has 1 heterocycles. The van der Waals surface area contributed by atoms with Crippen molar-refractivity contribution < 1.29 is 13.2 Å². The van der Waals surface area contributed by atoms with Gasteiger partial charge in [0, 0.05) is 0 Å². The zero-order valence-electron chi connectivity index (χ0n) is 6.06. The van der Waals surface area contributed by atoms with Crippen LogP contribution >= 0.6 is 11.6 Å². The van der Waals surface area contributed by atoms with E-state index in [4.69, 9.17) is 18.0 Å². The molecule has 0 aliphatic rings. The van der Waals surface area contributed by atoms with Gasteiger partial charge in [-0.2, -0.15) is 13.2 Å². The van der Waals surface area contributed by atoms with E-state index >= 15 is 0 Å². The SMILES string of the molecule is C#Cc1cnc(Cl)c(C(F)(F)F)n1. The van der Waals surface area contributed by atoms with Crippen LogP contribution in [-0.4, -0.2) is 9.97 Å². The number of halogens is 4. The Morgan fingerprint density at radius 3 is 2.54 bits per heavy atom. The van der Waals surface area contributed by atoms with Crippen LogP contribution in [0.3, 0.4) is 0 Å². The molecule has 1 aromatic heterocycles. The molecule has 0 N–H and O–H groups in total. The third-order valence-electron chi connectivity index (χ3n) is 1.14. The van der Waals surface area contributed by atoms with Gasteiger partial charge in [0.2, 0.25) is 0 Å². The molecule has 68 valence electrons. The van der Waals surface area contributed by atoms with Crippen molar-refractivity contribution >= 4 is 11.6 Å². The lowest BCUT2D eigenvalue weighted by Gasteiger charge is -2.06. The van der Waals surface area contributed by atoms with Gasteiger partial charge in [0.1, 0.15) is 5.69 Å². The molecule has 2 nitrogen and oxygen atoms in total. The van der Waals surface area contributed by atoms with Gasteiger partial charge in [-0.25, -0.2) is 9.97 Å². The number of alkyl halides is 3. The summed E-state index contributed by atoms with van der Waals surface area (Å²) in [6, 6.07) is 0. The Bertz CT molecular complexity index is 367. The highest BCUT2D eigenvalue weighted by molar-refractivity contribution is 6.30. The van der Waals surface area contributed by atoms with Gasteiger partial charge < -0.3 is 0 Å². The second-order valence-corrected chi connectivity index (χ2v) is 2.39. The molecule has 13 heavy (non-hydrogen) atoms. The monoisotopic (exact) mass is 206 g/mol. The highest BCUT2D eigenvalue weighted by Crippen LogP contribution is 2.31. The molecule has 0 aliphatic heterocycles. The molecule has 0 bridgehead atoms. The molecule has 0 amide bonds. The summed E-state index contributed by atoms with van der Waals surface area (Å²) in [7, 11) is 0. The zero-order chi connectivity index (χ0) is 10.1. The van der Waals surface area contributed by atoms with Gasteiger partial charge in [0.15, 0.2) is 10.8 Å². The molecule has 0 atom stereocenters. The fourth-order valence-electron chi connectivity index (χ4n) is 0.624. The maximum Gasteiger partial charge on any atom is 0.436 e. The summed E-state index contributed by atoms with van der Waals surface area (Å²) in [5.41, 5.74) is -1.46. The number of hydrogen-bond acceptors (Lipinski definition) is 2. The predicted molar refractivity (Wildman–Crippen MR) is 40.0 cm³/mol. The number of nitrogens with zero attached hydrogens (tertiary/aromatic N) is 2. The van der Waals surface area contributed by atoms with Crippen LogP contribution in [0.4, 0.5) is 13.2 Å². The lowest BCUT2D eigenvalue weighted by atomic mass is 10.4. The van der Waals surface area contributed by atoms with Crippen molar-refractivity contribution in [3.05, 3.63) is 22.7 Å². The molecular formula is C7H2ClF3N2. The first-order valence-electron chi connectivity index (χ1n) is 3.01. The number of terminal acetylenes is 1. The average Bonchev–Trinajstić information content (AvgIpc) is 2.03. The number of hydrogen-bond donors (Lipinski definition) is 0. The average molecular weight is 207 g/mol.